The Morgan fingerprint density at radius 3 is 2.22 bits per heavy atom. The van der Waals surface area contributed by atoms with Crippen LogP contribution in [0.25, 0.3) is 0 Å². The summed E-state index contributed by atoms with van der Waals surface area (Å²) < 4.78 is 15.1. The molecule has 0 rings (SSSR count). The van der Waals surface area contributed by atoms with Gasteiger partial charge < -0.3 is 19.3 Å². The molecule has 0 saturated carbocycles. The van der Waals surface area contributed by atoms with Crippen molar-refractivity contribution in [1.82, 2.24) is 0 Å². The largest absolute Gasteiger partial charge is 0.480 e. The van der Waals surface area contributed by atoms with Crippen molar-refractivity contribution in [3.05, 3.63) is 0 Å². The Morgan fingerprint density at radius 1 is 1.06 bits per heavy atom. The summed E-state index contributed by atoms with van der Waals surface area (Å²) in [6.45, 7) is 6.13. The molecule has 0 bridgehead atoms. The average Bonchev–Trinajstić information content (AvgIpc) is 2.18. The van der Waals surface area contributed by atoms with Crippen molar-refractivity contribution in [2.45, 2.75) is 39.2 Å². The molecular weight excluding hydrogens is 240 g/mol. The molecule has 0 heterocycles. The van der Waals surface area contributed by atoms with Gasteiger partial charge in [0.1, 0.15) is 12.2 Å². The van der Waals surface area contributed by atoms with Crippen molar-refractivity contribution in [2.24, 2.45) is 0 Å². The number of esters is 1. The van der Waals surface area contributed by atoms with Gasteiger partial charge in [-0.25, -0.2) is 4.79 Å². The molecule has 1 N–H and O–H groups in total. The molecule has 0 aromatic heterocycles. The van der Waals surface area contributed by atoms with Gasteiger partial charge in [0, 0.05) is 13.0 Å². The molecular formula is C12H22O6. The van der Waals surface area contributed by atoms with E-state index in [9.17, 15) is 9.59 Å². The van der Waals surface area contributed by atoms with Crippen LogP contribution in [0.2, 0.25) is 0 Å². The van der Waals surface area contributed by atoms with Crippen molar-refractivity contribution in [3.63, 3.8) is 0 Å². The number of carboxylic acids is 1. The minimum atomic E-state index is -1.00. The Hall–Kier alpha value is -1.14. The summed E-state index contributed by atoms with van der Waals surface area (Å²) in [5, 5.41) is 8.29. The number of carboxylic acid groups (broad SMARTS) is 1. The van der Waals surface area contributed by atoms with Crippen molar-refractivity contribution in [2.75, 3.05) is 26.4 Å². The molecule has 0 atom stereocenters. The van der Waals surface area contributed by atoms with Crippen LogP contribution in [-0.4, -0.2) is 49.1 Å². The first-order chi connectivity index (χ1) is 8.31. The summed E-state index contributed by atoms with van der Waals surface area (Å²) in [6.07, 6.45) is 0.890. The van der Waals surface area contributed by atoms with Crippen molar-refractivity contribution >= 4 is 11.9 Å². The molecule has 0 aliphatic carbocycles. The van der Waals surface area contributed by atoms with Crippen LogP contribution in [0.1, 0.15) is 33.6 Å². The lowest BCUT2D eigenvalue weighted by Gasteiger charge is -2.19. The molecule has 0 aliphatic rings. The Bertz CT molecular complexity index is 256. The summed E-state index contributed by atoms with van der Waals surface area (Å²) in [4.78, 5) is 21.4. The van der Waals surface area contributed by atoms with Gasteiger partial charge in [-0.05, 0) is 27.2 Å². The Morgan fingerprint density at radius 2 is 1.67 bits per heavy atom. The third-order valence-electron chi connectivity index (χ3n) is 1.69. The fraction of sp³-hybridized carbons (Fsp3) is 0.833. The summed E-state index contributed by atoms with van der Waals surface area (Å²) in [5.74, 6) is -1.24. The minimum absolute atomic E-state index is 0.235. The summed E-state index contributed by atoms with van der Waals surface area (Å²) in [7, 11) is 0. The Balaban J connectivity index is 3.30. The predicted octanol–water partition coefficient (Wildman–Crippen LogP) is 1.23. The maximum absolute atomic E-state index is 11.3. The molecule has 0 saturated heterocycles. The Labute approximate surface area is 107 Å². The van der Waals surface area contributed by atoms with Gasteiger partial charge >= 0.3 is 11.9 Å². The van der Waals surface area contributed by atoms with Crippen LogP contribution >= 0.6 is 0 Å². The lowest BCUT2D eigenvalue weighted by molar-refractivity contribution is -0.155. The van der Waals surface area contributed by atoms with Crippen LogP contribution in [-0.2, 0) is 23.8 Å². The standard InChI is InChI=1S/C12H22O6/c1-12(2,3)18-11(15)5-4-6-16-7-8-17-9-10(13)14/h4-9H2,1-3H3,(H,13,14). The first kappa shape index (κ1) is 16.9. The first-order valence-corrected chi connectivity index (χ1v) is 5.90. The van der Waals surface area contributed by atoms with Crippen molar-refractivity contribution in [3.8, 4) is 0 Å². The van der Waals surface area contributed by atoms with Gasteiger partial charge in [-0.3, -0.25) is 4.79 Å². The van der Waals surface area contributed by atoms with Crippen LogP contribution in [0, 0.1) is 0 Å². The van der Waals surface area contributed by atoms with E-state index in [0.717, 1.165) is 0 Å². The highest BCUT2D eigenvalue weighted by atomic mass is 16.6. The maximum atomic E-state index is 11.3. The normalized spacial score (nSPS) is 11.3. The fourth-order valence-corrected chi connectivity index (χ4v) is 1.09. The minimum Gasteiger partial charge on any atom is -0.480 e. The van der Waals surface area contributed by atoms with Gasteiger partial charge in [-0.2, -0.15) is 0 Å². The smallest absolute Gasteiger partial charge is 0.329 e. The number of carbonyl (C=O) groups is 2. The second-order valence-corrected chi connectivity index (χ2v) is 4.75. The van der Waals surface area contributed by atoms with E-state index >= 15 is 0 Å². The van der Waals surface area contributed by atoms with Gasteiger partial charge in [-0.15, -0.1) is 0 Å². The zero-order chi connectivity index (χ0) is 14.0. The lowest BCUT2D eigenvalue weighted by atomic mass is 10.2. The molecule has 106 valence electrons. The summed E-state index contributed by atoms with van der Waals surface area (Å²) in [6, 6.07) is 0. The van der Waals surface area contributed by atoms with Gasteiger partial charge in [0.25, 0.3) is 0 Å². The van der Waals surface area contributed by atoms with E-state index in [1.54, 1.807) is 0 Å². The van der Waals surface area contributed by atoms with Crippen LogP contribution in [0.4, 0.5) is 0 Å². The number of ether oxygens (including phenoxy) is 3. The van der Waals surface area contributed by atoms with Crippen molar-refractivity contribution < 1.29 is 28.9 Å². The summed E-state index contributed by atoms with van der Waals surface area (Å²) in [5.41, 5.74) is -0.456. The molecule has 0 radical (unpaired) electrons. The quantitative estimate of drug-likeness (QED) is 0.497. The highest BCUT2D eigenvalue weighted by molar-refractivity contribution is 5.69. The molecule has 0 amide bonds. The number of aliphatic carboxylic acids is 1. The third-order valence-corrected chi connectivity index (χ3v) is 1.69. The Kier molecular flexibility index (Phi) is 8.32. The van der Waals surface area contributed by atoms with E-state index in [1.807, 2.05) is 20.8 Å². The number of carbonyl (C=O) groups excluding carboxylic acids is 1. The van der Waals surface area contributed by atoms with Crippen LogP contribution in [0.15, 0.2) is 0 Å². The van der Waals surface area contributed by atoms with Crippen molar-refractivity contribution in [1.29, 1.82) is 0 Å². The highest BCUT2D eigenvalue weighted by Crippen LogP contribution is 2.08. The topological polar surface area (TPSA) is 82.1 Å². The van der Waals surface area contributed by atoms with Crippen LogP contribution < -0.4 is 0 Å². The molecule has 0 unspecified atom stereocenters. The zero-order valence-corrected chi connectivity index (χ0v) is 11.2. The molecule has 0 aromatic carbocycles. The second-order valence-electron chi connectivity index (χ2n) is 4.75. The maximum Gasteiger partial charge on any atom is 0.329 e. The predicted molar refractivity (Wildman–Crippen MR) is 64.4 cm³/mol. The average molecular weight is 262 g/mol. The fourth-order valence-electron chi connectivity index (χ4n) is 1.09. The van der Waals surface area contributed by atoms with Crippen LogP contribution in [0.5, 0.6) is 0 Å². The van der Waals surface area contributed by atoms with E-state index in [0.29, 0.717) is 26.1 Å². The molecule has 0 fully saturated rings. The SMILES string of the molecule is CC(C)(C)OC(=O)CCCOCCOCC(=O)O. The number of rotatable bonds is 9. The van der Waals surface area contributed by atoms with E-state index in [-0.39, 0.29) is 19.2 Å². The molecule has 0 aromatic rings. The van der Waals surface area contributed by atoms with Gasteiger partial charge in [-0.1, -0.05) is 0 Å². The van der Waals surface area contributed by atoms with Crippen LogP contribution in [0.3, 0.4) is 0 Å². The van der Waals surface area contributed by atoms with E-state index < -0.39 is 11.6 Å². The van der Waals surface area contributed by atoms with E-state index in [4.69, 9.17) is 19.3 Å². The van der Waals surface area contributed by atoms with E-state index in [2.05, 4.69) is 0 Å². The van der Waals surface area contributed by atoms with Gasteiger partial charge in [0.2, 0.25) is 0 Å². The monoisotopic (exact) mass is 262 g/mol. The molecule has 6 nitrogen and oxygen atoms in total. The third kappa shape index (κ3) is 12.9. The molecule has 0 spiro atoms. The van der Waals surface area contributed by atoms with Gasteiger partial charge in [0.15, 0.2) is 0 Å². The molecule has 6 heteroatoms. The first-order valence-electron chi connectivity index (χ1n) is 5.90. The second kappa shape index (κ2) is 8.88. The molecule has 0 aliphatic heterocycles. The van der Waals surface area contributed by atoms with Gasteiger partial charge in [0.05, 0.1) is 13.2 Å². The van der Waals surface area contributed by atoms with E-state index in [1.165, 1.54) is 0 Å². The summed E-state index contributed by atoms with van der Waals surface area (Å²) >= 11 is 0. The number of hydrogen-bond acceptors (Lipinski definition) is 5. The molecule has 18 heavy (non-hydrogen) atoms. The lowest BCUT2D eigenvalue weighted by Crippen LogP contribution is -2.23. The highest BCUT2D eigenvalue weighted by Gasteiger charge is 2.15. The zero-order valence-electron chi connectivity index (χ0n) is 11.2. The number of hydrogen-bond donors (Lipinski definition) is 1.